The molecule has 0 N–H and O–H groups in total. The van der Waals surface area contributed by atoms with E-state index in [0.717, 1.165) is 0 Å². The lowest BCUT2D eigenvalue weighted by molar-refractivity contribution is -0.134. The number of halogens is 1. The fourth-order valence-electron chi connectivity index (χ4n) is 3.20. The van der Waals surface area contributed by atoms with Crippen LogP contribution in [0.5, 0.6) is 5.75 Å². The van der Waals surface area contributed by atoms with Gasteiger partial charge in [-0.15, -0.1) is 0 Å². The van der Waals surface area contributed by atoms with Crippen molar-refractivity contribution < 1.29 is 22.7 Å². The van der Waals surface area contributed by atoms with Crippen LogP contribution in [0.2, 0.25) is 0 Å². The Bertz CT molecular complexity index is 862. The van der Waals surface area contributed by atoms with Crippen molar-refractivity contribution in [3.05, 3.63) is 53.3 Å². The van der Waals surface area contributed by atoms with Crippen molar-refractivity contribution >= 4 is 27.5 Å². The van der Waals surface area contributed by atoms with Crippen molar-refractivity contribution in [2.45, 2.75) is 11.7 Å². The first kappa shape index (κ1) is 20.7. The van der Waals surface area contributed by atoms with Crippen LogP contribution in [0, 0.1) is 0 Å². The van der Waals surface area contributed by atoms with E-state index in [4.69, 9.17) is 21.1 Å². The van der Waals surface area contributed by atoms with E-state index in [1.165, 1.54) is 11.4 Å². The molecule has 1 unspecified atom stereocenters. The summed E-state index contributed by atoms with van der Waals surface area (Å²) in [6.45, 7) is 1.02. The summed E-state index contributed by atoms with van der Waals surface area (Å²) in [5.41, 5.74) is 0. The number of para-hydroxylation sites is 1. The third-order valence-electron chi connectivity index (χ3n) is 4.78. The van der Waals surface area contributed by atoms with Crippen LogP contribution in [0.15, 0.2) is 53.3 Å². The molecule has 0 saturated carbocycles. The number of hydrogen-bond acceptors (Lipinski definition) is 5. The van der Waals surface area contributed by atoms with E-state index >= 15 is 0 Å². The summed E-state index contributed by atoms with van der Waals surface area (Å²) in [4.78, 5) is 14.0. The van der Waals surface area contributed by atoms with Crippen molar-refractivity contribution in [2.24, 2.45) is 0 Å². The Morgan fingerprint density at radius 1 is 1.14 bits per heavy atom. The van der Waals surface area contributed by atoms with Gasteiger partial charge in [-0.05, 0) is 24.3 Å². The van der Waals surface area contributed by atoms with Crippen LogP contribution in [0.1, 0.15) is 6.42 Å². The Balaban J connectivity index is 1.56. The van der Waals surface area contributed by atoms with E-state index in [9.17, 15) is 13.2 Å². The average molecular weight is 427 g/mol. The maximum atomic E-state index is 13.0. The molecule has 1 atom stereocenters. The van der Waals surface area contributed by atoms with Crippen molar-refractivity contribution in [3.8, 4) is 5.75 Å². The van der Waals surface area contributed by atoms with Crippen LogP contribution in [0.3, 0.4) is 0 Å². The maximum absolute atomic E-state index is 13.0. The van der Waals surface area contributed by atoms with Gasteiger partial charge in [-0.3, -0.25) is 4.79 Å². The first-order valence-corrected chi connectivity index (χ1v) is 10.8. The number of allylic oxidation sites excluding steroid dienone is 3. The smallest absolute Gasteiger partial charge is 0.260 e. The Morgan fingerprint density at radius 3 is 2.46 bits per heavy atom. The van der Waals surface area contributed by atoms with Crippen molar-refractivity contribution in [1.82, 2.24) is 9.21 Å². The summed E-state index contributed by atoms with van der Waals surface area (Å²) in [6.07, 6.45) is 3.43. The number of carbonyl (C=O) groups is 1. The van der Waals surface area contributed by atoms with Crippen LogP contribution in [-0.4, -0.2) is 68.7 Å². The van der Waals surface area contributed by atoms with E-state index in [1.807, 2.05) is 18.2 Å². The number of piperazine rings is 1. The van der Waals surface area contributed by atoms with Gasteiger partial charge in [0, 0.05) is 37.6 Å². The highest BCUT2D eigenvalue weighted by molar-refractivity contribution is 7.90. The Labute approximate surface area is 170 Å². The molecule has 2 aliphatic rings. The summed E-state index contributed by atoms with van der Waals surface area (Å²) in [7, 11) is -2.19. The van der Waals surface area contributed by atoms with Crippen molar-refractivity contribution in [2.75, 3.05) is 39.9 Å². The quantitative estimate of drug-likeness (QED) is 0.695. The van der Waals surface area contributed by atoms with Crippen molar-refractivity contribution in [1.29, 1.82) is 0 Å². The zero-order chi connectivity index (χ0) is 20.1. The number of carbonyl (C=O) groups excluding carboxylic acids is 1. The molecule has 1 aromatic carbocycles. The molecule has 1 aliphatic carbocycles. The highest BCUT2D eigenvalue weighted by Crippen LogP contribution is 2.30. The molecule has 0 radical (unpaired) electrons. The molecule has 0 spiro atoms. The molecule has 1 aromatic rings. The number of rotatable bonds is 6. The molecule has 1 amide bonds. The third-order valence-corrected chi connectivity index (χ3v) is 7.26. The molecule has 1 aliphatic heterocycles. The summed E-state index contributed by atoms with van der Waals surface area (Å²) < 4.78 is 38.2. The zero-order valence-electron chi connectivity index (χ0n) is 15.6. The Hall–Kier alpha value is -2.03. The molecule has 9 heteroatoms. The van der Waals surface area contributed by atoms with Gasteiger partial charge in [-0.1, -0.05) is 29.8 Å². The lowest BCUT2D eigenvalue weighted by Crippen LogP contribution is -2.53. The van der Waals surface area contributed by atoms with Crippen LogP contribution in [0.25, 0.3) is 0 Å². The summed E-state index contributed by atoms with van der Waals surface area (Å²) in [6, 6.07) is 9.09. The van der Waals surface area contributed by atoms with Gasteiger partial charge >= 0.3 is 0 Å². The van der Waals surface area contributed by atoms with Gasteiger partial charge in [-0.25, -0.2) is 8.42 Å². The first-order valence-electron chi connectivity index (χ1n) is 8.96. The molecule has 1 saturated heterocycles. The second kappa shape index (κ2) is 8.98. The number of benzene rings is 1. The average Bonchev–Trinajstić information content (AvgIpc) is 2.73. The fraction of sp³-hybridized carbons (Fsp3) is 0.421. The molecular weight excluding hydrogens is 404 g/mol. The molecule has 1 heterocycles. The maximum Gasteiger partial charge on any atom is 0.260 e. The van der Waals surface area contributed by atoms with Gasteiger partial charge in [0.2, 0.25) is 10.0 Å². The molecule has 1 fully saturated rings. The molecule has 7 nitrogen and oxygen atoms in total. The highest BCUT2D eigenvalue weighted by Gasteiger charge is 2.39. The largest absolute Gasteiger partial charge is 0.500 e. The normalized spacial score (nSPS) is 20.9. The molecule has 3 rings (SSSR count). The molecule has 0 bridgehead atoms. The van der Waals surface area contributed by atoms with Gasteiger partial charge in [0.15, 0.2) is 6.61 Å². The van der Waals surface area contributed by atoms with Gasteiger partial charge in [0.25, 0.3) is 5.91 Å². The van der Waals surface area contributed by atoms with Gasteiger partial charge in [-0.2, -0.15) is 4.31 Å². The van der Waals surface area contributed by atoms with E-state index in [0.29, 0.717) is 29.6 Å². The van der Waals surface area contributed by atoms with Gasteiger partial charge in [0.1, 0.15) is 16.8 Å². The molecule has 0 aromatic heterocycles. The van der Waals surface area contributed by atoms with Crippen LogP contribution < -0.4 is 4.74 Å². The lowest BCUT2D eigenvalue weighted by Gasteiger charge is -2.36. The Kier molecular flexibility index (Phi) is 6.64. The van der Waals surface area contributed by atoms with E-state index < -0.39 is 15.3 Å². The second-order valence-corrected chi connectivity index (χ2v) is 9.11. The molecule has 28 heavy (non-hydrogen) atoms. The number of methoxy groups -OCH3 is 1. The van der Waals surface area contributed by atoms with Gasteiger partial charge in [0.05, 0.1) is 7.11 Å². The SMILES string of the molecule is COC1=CC=C(Cl)CC1S(=O)(=O)N1CCN(C(=O)COc2ccccc2)CC1. The topological polar surface area (TPSA) is 76.2 Å². The summed E-state index contributed by atoms with van der Waals surface area (Å²) in [5, 5.41) is -0.361. The summed E-state index contributed by atoms with van der Waals surface area (Å²) in [5.74, 6) is 0.833. The van der Waals surface area contributed by atoms with Crippen LogP contribution in [0.4, 0.5) is 0 Å². The molecular formula is C19H23ClN2O5S. The molecule has 152 valence electrons. The van der Waals surface area contributed by atoms with E-state index in [1.54, 1.807) is 29.2 Å². The minimum absolute atomic E-state index is 0.0731. The second-order valence-electron chi connectivity index (χ2n) is 6.51. The monoisotopic (exact) mass is 426 g/mol. The minimum atomic E-state index is -3.64. The van der Waals surface area contributed by atoms with Crippen molar-refractivity contribution in [3.63, 3.8) is 0 Å². The number of amides is 1. The predicted octanol–water partition coefficient (Wildman–Crippen LogP) is 1.96. The fourth-order valence-corrected chi connectivity index (χ4v) is 5.40. The van der Waals surface area contributed by atoms with Crippen LogP contribution in [-0.2, 0) is 19.6 Å². The highest BCUT2D eigenvalue weighted by atomic mass is 35.5. The van der Waals surface area contributed by atoms with Gasteiger partial charge < -0.3 is 14.4 Å². The minimum Gasteiger partial charge on any atom is -0.500 e. The number of sulfonamides is 1. The van der Waals surface area contributed by atoms with E-state index in [2.05, 4.69) is 0 Å². The Morgan fingerprint density at radius 2 is 1.82 bits per heavy atom. The zero-order valence-corrected chi connectivity index (χ0v) is 17.2. The third kappa shape index (κ3) is 4.68. The standard InChI is InChI=1S/C19H23ClN2O5S/c1-26-17-8-7-15(20)13-18(17)28(24,25)22-11-9-21(10-12-22)19(23)14-27-16-5-3-2-4-6-16/h2-8,18H,9-14H2,1H3. The lowest BCUT2D eigenvalue weighted by atomic mass is 10.1. The van der Waals surface area contributed by atoms with Crippen LogP contribution >= 0.6 is 11.6 Å². The summed E-state index contributed by atoms with van der Waals surface area (Å²) >= 11 is 6.04. The number of hydrogen-bond donors (Lipinski definition) is 0. The van der Waals surface area contributed by atoms with E-state index in [-0.39, 0.29) is 32.0 Å². The number of ether oxygens (including phenoxy) is 2. The number of nitrogens with zero attached hydrogens (tertiary/aromatic N) is 2. The predicted molar refractivity (Wildman–Crippen MR) is 106 cm³/mol. The first-order chi connectivity index (χ1) is 13.4.